The van der Waals surface area contributed by atoms with E-state index < -0.39 is 5.41 Å². The molecule has 1 aliphatic rings. The average Bonchev–Trinajstić information content (AvgIpc) is 2.60. The van der Waals surface area contributed by atoms with Crippen LogP contribution in [0.5, 0.6) is 0 Å². The first-order chi connectivity index (χ1) is 12.3. The van der Waals surface area contributed by atoms with Gasteiger partial charge in [0.15, 0.2) is 5.78 Å². The SMILES string of the molecule is Cc1ccc(C(=O)CC2(C)C(=O)N(C(C)C)C(=O)c3ccccc32)cc1. The van der Waals surface area contributed by atoms with Crippen molar-refractivity contribution in [3.8, 4) is 0 Å². The molecule has 0 N–H and O–H groups in total. The Balaban J connectivity index is 2.06. The zero-order chi connectivity index (χ0) is 19.1. The van der Waals surface area contributed by atoms with E-state index in [4.69, 9.17) is 0 Å². The lowest BCUT2D eigenvalue weighted by Crippen LogP contribution is -2.56. The van der Waals surface area contributed by atoms with Crippen LogP contribution in [0.15, 0.2) is 48.5 Å². The highest BCUT2D eigenvalue weighted by atomic mass is 16.2. The summed E-state index contributed by atoms with van der Waals surface area (Å²) in [6.07, 6.45) is 0.0302. The molecule has 0 radical (unpaired) electrons. The van der Waals surface area contributed by atoms with Crippen molar-refractivity contribution in [3.05, 3.63) is 70.8 Å². The van der Waals surface area contributed by atoms with Crippen LogP contribution in [0.4, 0.5) is 0 Å². The van der Waals surface area contributed by atoms with Crippen LogP contribution in [0.1, 0.15) is 59.0 Å². The van der Waals surface area contributed by atoms with Crippen molar-refractivity contribution in [1.82, 2.24) is 4.90 Å². The third-order valence-electron chi connectivity index (χ3n) is 5.07. The second-order valence-corrected chi connectivity index (χ2v) is 7.42. The van der Waals surface area contributed by atoms with Crippen molar-refractivity contribution in [2.75, 3.05) is 0 Å². The zero-order valence-corrected chi connectivity index (χ0v) is 15.6. The van der Waals surface area contributed by atoms with E-state index in [0.717, 1.165) is 5.56 Å². The molecule has 4 nitrogen and oxygen atoms in total. The van der Waals surface area contributed by atoms with Gasteiger partial charge in [0.05, 0.1) is 5.41 Å². The molecule has 4 heteroatoms. The number of hydrogen-bond acceptors (Lipinski definition) is 3. The summed E-state index contributed by atoms with van der Waals surface area (Å²) in [6, 6.07) is 14.2. The number of Topliss-reactive ketones (excluding diaryl/α,β-unsaturated/α-hetero) is 1. The first-order valence-corrected chi connectivity index (χ1v) is 8.83. The number of fused-ring (bicyclic) bond motifs is 1. The largest absolute Gasteiger partial charge is 0.294 e. The van der Waals surface area contributed by atoms with Gasteiger partial charge in [-0.25, -0.2) is 0 Å². The Kier molecular flexibility index (Phi) is 4.53. The second kappa shape index (κ2) is 6.52. The van der Waals surface area contributed by atoms with Crippen molar-refractivity contribution >= 4 is 17.6 Å². The van der Waals surface area contributed by atoms with Crippen molar-refractivity contribution in [1.29, 1.82) is 0 Å². The minimum Gasteiger partial charge on any atom is -0.294 e. The molecular weight excluding hydrogens is 326 g/mol. The fourth-order valence-corrected chi connectivity index (χ4v) is 3.56. The van der Waals surface area contributed by atoms with Crippen molar-refractivity contribution in [3.63, 3.8) is 0 Å². The Hall–Kier alpha value is -2.75. The van der Waals surface area contributed by atoms with Gasteiger partial charge in [0, 0.05) is 23.6 Å². The van der Waals surface area contributed by atoms with Crippen LogP contribution in [0.25, 0.3) is 0 Å². The molecule has 0 fully saturated rings. The Morgan fingerprint density at radius 3 is 2.27 bits per heavy atom. The van der Waals surface area contributed by atoms with Crippen LogP contribution < -0.4 is 0 Å². The Labute approximate surface area is 153 Å². The normalized spacial score (nSPS) is 19.7. The summed E-state index contributed by atoms with van der Waals surface area (Å²) in [5, 5.41) is 0. The Morgan fingerprint density at radius 2 is 1.65 bits per heavy atom. The van der Waals surface area contributed by atoms with E-state index in [1.165, 1.54) is 4.90 Å². The molecule has 2 aromatic carbocycles. The lowest BCUT2D eigenvalue weighted by atomic mass is 9.71. The maximum absolute atomic E-state index is 13.2. The Morgan fingerprint density at radius 1 is 1.04 bits per heavy atom. The molecule has 0 bridgehead atoms. The van der Waals surface area contributed by atoms with E-state index in [2.05, 4.69) is 0 Å². The quantitative estimate of drug-likeness (QED) is 0.621. The number of carbonyl (C=O) groups excluding carboxylic acids is 3. The molecule has 1 heterocycles. The fourth-order valence-electron chi connectivity index (χ4n) is 3.56. The second-order valence-electron chi connectivity index (χ2n) is 7.42. The number of hydrogen-bond donors (Lipinski definition) is 0. The molecule has 2 amide bonds. The van der Waals surface area contributed by atoms with Gasteiger partial charge in [0.25, 0.3) is 5.91 Å². The molecule has 0 saturated heterocycles. The number of nitrogens with zero attached hydrogens (tertiary/aromatic N) is 1. The lowest BCUT2D eigenvalue weighted by molar-refractivity contribution is -0.136. The topological polar surface area (TPSA) is 54.5 Å². The number of aryl methyl sites for hydroxylation is 1. The third-order valence-corrected chi connectivity index (χ3v) is 5.07. The predicted molar refractivity (Wildman–Crippen MR) is 100 cm³/mol. The predicted octanol–water partition coefficient (Wildman–Crippen LogP) is 3.92. The summed E-state index contributed by atoms with van der Waals surface area (Å²) >= 11 is 0. The van der Waals surface area contributed by atoms with E-state index in [9.17, 15) is 14.4 Å². The monoisotopic (exact) mass is 349 g/mol. The maximum Gasteiger partial charge on any atom is 0.261 e. The van der Waals surface area contributed by atoms with Gasteiger partial charge < -0.3 is 0 Å². The molecule has 1 unspecified atom stereocenters. The van der Waals surface area contributed by atoms with E-state index in [1.54, 1.807) is 43.3 Å². The highest BCUT2D eigenvalue weighted by molar-refractivity contribution is 6.15. The van der Waals surface area contributed by atoms with Gasteiger partial charge in [-0.2, -0.15) is 0 Å². The van der Waals surface area contributed by atoms with Gasteiger partial charge >= 0.3 is 0 Å². The minimum absolute atomic E-state index is 0.0302. The van der Waals surface area contributed by atoms with E-state index in [0.29, 0.717) is 16.7 Å². The average molecular weight is 349 g/mol. The summed E-state index contributed by atoms with van der Waals surface area (Å²) in [4.78, 5) is 40.2. The maximum atomic E-state index is 13.2. The molecule has 0 aliphatic carbocycles. The van der Waals surface area contributed by atoms with E-state index in [-0.39, 0.29) is 30.1 Å². The standard InChI is InChI=1S/C22H23NO3/c1-14(2)23-20(25)17-7-5-6-8-18(17)22(4,21(23)26)13-19(24)16-11-9-15(3)10-12-16/h5-12,14H,13H2,1-4H3. The molecule has 1 atom stereocenters. The minimum atomic E-state index is -1.06. The molecule has 1 aliphatic heterocycles. The molecule has 2 aromatic rings. The molecule has 3 rings (SSSR count). The van der Waals surface area contributed by atoms with E-state index in [1.807, 2.05) is 32.9 Å². The highest BCUT2D eigenvalue weighted by Crippen LogP contribution is 2.39. The van der Waals surface area contributed by atoms with Gasteiger partial charge in [-0.15, -0.1) is 0 Å². The van der Waals surface area contributed by atoms with Crippen molar-refractivity contribution in [2.45, 2.75) is 45.6 Å². The number of carbonyl (C=O) groups is 3. The summed E-state index contributed by atoms with van der Waals surface area (Å²) < 4.78 is 0. The molecule has 134 valence electrons. The van der Waals surface area contributed by atoms with Crippen molar-refractivity contribution in [2.24, 2.45) is 0 Å². The lowest BCUT2D eigenvalue weighted by Gasteiger charge is -2.41. The van der Waals surface area contributed by atoms with Gasteiger partial charge in [0.2, 0.25) is 5.91 Å². The van der Waals surface area contributed by atoms with Gasteiger partial charge in [-0.05, 0) is 39.3 Å². The summed E-state index contributed by atoms with van der Waals surface area (Å²) in [6.45, 7) is 7.35. The number of rotatable bonds is 4. The summed E-state index contributed by atoms with van der Waals surface area (Å²) in [7, 11) is 0. The van der Waals surface area contributed by atoms with Crippen molar-refractivity contribution < 1.29 is 14.4 Å². The van der Waals surface area contributed by atoms with Gasteiger partial charge in [-0.3, -0.25) is 19.3 Å². The smallest absolute Gasteiger partial charge is 0.261 e. The number of ketones is 1. The number of benzene rings is 2. The van der Waals surface area contributed by atoms with Crippen LogP contribution >= 0.6 is 0 Å². The zero-order valence-electron chi connectivity index (χ0n) is 15.6. The molecule has 0 saturated carbocycles. The van der Waals surface area contributed by atoms with Crippen LogP contribution in [0.3, 0.4) is 0 Å². The van der Waals surface area contributed by atoms with Crippen LogP contribution in [-0.2, 0) is 10.2 Å². The van der Waals surface area contributed by atoms with Gasteiger partial charge in [0.1, 0.15) is 0 Å². The number of imide groups is 1. The summed E-state index contributed by atoms with van der Waals surface area (Å²) in [5.74, 6) is -0.703. The number of amides is 2. The molecule has 0 spiro atoms. The Bertz CT molecular complexity index is 883. The first kappa shape index (κ1) is 18.1. The van der Waals surface area contributed by atoms with E-state index >= 15 is 0 Å². The third kappa shape index (κ3) is 2.85. The fraction of sp³-hybridized carbons (Fsp3) is 0.318. The first-order valence-electron chi connectivity index (χ1n) is 8.83. The highest BCUT2D eigenvalue weighted by Gasteiger charge is 2.49. The summed E-state index contributed by atoms with van der Waals surface area (Å²) in [5.41, 5.74) is 1.72. The van der Waals surface area contributed by atoms with Gasteiger partial charge in [-0.1, -0.05) is 48.0 Å². The molecule has 0 aromatic heterocycles. The van der Waals surface area contributed by atoms with Crippen LogP contribution in [0, 0.1) is 6.92 Å². The molecule has 26 heavy (non-hydrogen) atoms. The van der Waals surface area contributed by atoms with Crippen LogP contribution in [-0.4, -0.2) is 28.5 Å². The molecular formula is C22H23NO3. The van der Waals surface area contributed by atoms with Crippen LogP contribution in [0.2, 0.25) is 0 Å².